The van der Waals surface area contributed by atoms with Gasteiger partial charge in [-0.15, -0.1) is 0 Å². The standard InChI is InChI=1S/C24H22N4O2/c1-14-6-7-20-26-22(23(28(20)13-14)25-12-18-5-4-8-30-18)19-11-17-10-15(2)9-16(3)21(17)27-24(19)29/h4-11,13,25H,12H2,1-3H3,(H,27,29). The molecule has 6 heteroatoms. The first kappa shape index (κ1) is 18.2. The number of fused-ring (bicyclic) bond motifs is 2. The van der Waals surface area contributed by atoms with Gasteiger partial charge in [0.25, 0.3) is 5.56 Å². The van der Waals surface area contributed by atoms with Crippen LogP contribution in [0.25, 0.3) is 27.8 Å². The molecule has 150 valence electrons. The van der Waals surface area contributed by atoms with Crippen molar-refractivity contribution >= 4 is 22.4 Å². The van der Waals surface area contributed by atoms with E-state index in [-0.39, 0.29) is 5.56 Å². The van der Waals surface area contributed by atoms with Gasteiger partial charge in [0, 0.05) is 6.20 Å². The van der Waals surface area contributed by atoms with E-state index < -0.39 is 0 Å². The second-order valence-corrected chi connectivity index (χ2v) is 7.73. The maximum absolute atomic E-state index is 13.0. The molecule has 5 aromatic rings. The van der Waals surface area contributed by atoms with Crippen molar-refractivity contribution in [1.29, 1.82) is 0 Å². The summed E-state index contributed by atoms with van der Waals surface area (Å²) < 4.78 is 7.45. The number of aromatic amines is 1. The highest BCUT2D eigenvalue weighted by Gasteiger charge is 2.18. The molecule has 4 aromatic heterocycles. The molecule has 0 aliphatic rings. The minimum absolute atomic E-state index is 0.157. The third kappa shape index (κ3) is 3.06. The van der Waals surface area contributed by atoms with Crippen molar-refractivity contribution in [2.75, 3.05) is 5.32 Å². The number of imidazole rings is 1. The topological polar surface area (TPSA) is 75.3 Å². The number of H-pyrrole nitrogens is 1. The lowest BCUT2D eigenvalue weighted by atomic mass is 10.0. The fourth-order valence-corrected chi connectivity index (χ4v) is 3.95. The van der Waals surface area contributed by atoms with Gasteiger partial charge >= 0.3 is 0 Å². The normalized spacial score (nSPS) is 11.4. The molecule has 1 aromatic carbocycles. The van der Waals surface area contributed by atoms with Crippen LogP contribution in [0.2, 0.25) is 0 Å². The Labute approximate surface area is 173 Å². The van der Waals surface area contributed by atoms with Crippen LogP contribution in [0.3, 0.4) is 0 Å². The minimum atomic E-state index is -0.157. The summed E-state index contributed by atoms with van der Waals surface area (Å²) in [6, 6.07) is 13.8. The second kappa shape index (κ2) is 6.91. The molecular formula is C24H22N4O2. The van der Waals surface area contributed by atoms with E-state index in [9.17, 15) is 4.79 Å². The van der Waals surface area contributed by atoms with Crippen molar-refractivity contribution in [2.45, 2.75) is 27.3 Å². The summed E-state index contributed by atoms with van der Waals surface area (Å²) in [4.78, 5) is 20.9. The number of hydrogen-bond donors (Lipinski definition) is 2. The molecule has 4 heterocycles. The Morgan fingerprint density at radius 1 is 1.10 bits per heavy atom. The zero-order chi connectivity index (χ0) is 20.8. The molecule has 0 amide bonds. The number of anilines is 1. The van der Waals surface area contributed by atoms with Gasteiger partial charge in [0.15, 0.2) is 0 Å². The fraction of sp³-hybridized carbons (Fsp3) is 0.167. The van der Waals surface area contributed by atoms with E-state index in [0.717, 1.165) is 44.8 Å². The molecule has 0 saturated heterocycles. The molecule has 0 unspecified atom stereocenters. The molecule has 30 heavy (non-hydrogen) atoms. The van der Waals surface area contributed by atoms with Gasteiger partial charge < -0.3 is 14.7 Å². The van der Waals surface area contributed by atoms with Crippen molar-refractivity contribution < 1.29 is 4.42 Å². The van der Waals surface area contributed by atoms with Crippen LogP contribution >= 0.6 is 0 Å². The highest BCUT2D eigenvalue weighted by Crippen LogP contribution is 2.30. The Morgan fingerprint density at radius 2 is 1.97 bits per heavy atom. The van der Waals surface area contributed by atoms with E-state index >= 15 is 0 Å². The van der Waals surface area contributed by atoms with Gasteiger partial charge in [-0.05, 0) is 67.6 Å². The first-order valence-electron chi connectivity index (χ1n) is 9.89. The molecule has 2 N–H and O–H groups in total. The summed E-state index contributed by atoms with van der Waals surface area (Å²) in [5.74, 6) is 1.57. The van der Waals surface area contributed by atoms with Crippen molar-refractivity contribution in [1.82, 2.24) is 14.4 Å². The van der Waals surface area contributed by atoms with Gasteiger partial charge in [0.1, 0.15) is 22.9 Å². The lowest BCUT2D eigenvalue weighted by Crippen LogP contribution is -2.11. The Kier molecular flexibility index (Phi) is 4.20. The minimum Gasteiger partial charge on any atom is -0.467 e. The van der Waals surface area contributed by atoms with Crippen LogP contribution in [0, 0.1) is 20.8 Å². The van der Waals surface area contributed by atoms with E-state index in [1.54, 1.807) is 6.26 Å². The smallest absolute Gasteiger partial charge is 0.258 e. The SMILES string of the molecule is Cc1cc(C)c2[nH]c(=O)c(-c3nc4ccc(C)cn4c3NCc3ccco3)cc2c1. The quantitative estimate of drug-likeness (QED) is 0.448. The van der Waals surface area contributed by atoms with Gasteiger partial charge in [-0.2, -0.15) is 0 Å². The lowest BCUT2D eigenvalue weighted by Gasteiger charge is -2.09. The van der Waals surface area contributed by atoms with Gasteiger partial charge in [0.05, 0.1) is 23.9 Å². The summed E-state index contributed by atoms with van der Waals surface area (Å²) >= 11 is 0. The Hall–Kier alpha value is -3.80. The number of nitrogens with zero attached hydrogens (tertiary/aromatic N) is 2. The molecule has 0 fully saturated rings. The van der Waals surface area contributed by atoms with Crippen molar-refractivity contribution in [3.05, 3.63) is 87.7 Å². The molecule has 0 radical (unpaired) electrons. The van der Waals surface area contributed by atoms with Crippen molar-refractivity contribution in [3.63, 3.8) is 0 Å². The van der Waals surface area contributed by atoms with E-state index in [1.807, 2.05) is 54.8 Å². The van der Waals surface area contributed by atoms with Crippen molar-refractivity contribution in [3.8, 4) is 11.3 Å². The first-order valence-corrected chi connectivity index (χ1v) is 9.89. The second-order valence-electron chi connectivity index (χ2n) is 7.73. The average molecular weight is 398 g/mol. The molecule has 0 bridgehead atoms. The van der Waals surface area contributed by atoms with Crippen LogP contribution in [0.4, 0.5) is 5.82 Å². The molecule has 0 aliphatic carbocycles. The number of aromatic nitrogens is 3. The van der Waals surface area contributed by atoms with Crippen LogP contribution in [0.5, 0.6) is 0 Å². The first-order chi connectivity index (χ1) is 14.5. The molecule has 0 aliphatic heterocycles. The van der Waals surface area contributed by atoms with Gasteiger partial charge in [-0.3, -0.25) is 9.20 Å². The van der Waals surface area contributed by atoms with Gasteiger partial charge in [-0.25, -0.2) is 4.98 Å². The molecular weight excluding hydrogens is 376 g/mol. The van der Waals surface area contributed by atoms with E-state index in [2.05, 4.69) is 29.4 Å². The summed E-state index contributed by atoms with van der Waals surface area (Å²) in [6.45, 7) is 6.59. The van der Waals surface area contributed by atoms with E-state index in [4.69, 9.17) is 9.40 Å². The summed E-state index contributed by atoms with van der Waals surface area (Å²) in [5.41, 5.74) is 5.94. The molecule has 5 rings (SSSR count). The summed E-state index contributed by atoms with van der Waals surface area (Å²) in [6.07, 6.45) is 3.66. The number of pyridine rings is 2. The predicted octanol–water partition coefficient (Wildman–Crippen LogP) is 4.97. The maximum atomic E-state index is 13.0. The van der Waals surface area contributed by atoms with E-state index in [1.165, 1.54) is 0 Å². The average Bonchev–Trinajstić information content (AvgIpc) is 3.34. The zero-order valence-corrected chi connectivity index (χ0v) is 17.1. The van der Waals surface area contributed by atoms with Crippen LogP contribution in [-0.2, 0) is 6.54 Å². The monoisotopic (exact) mass is 398 g/mol. The van der Waals surface area contributed by atoms with Crippen LogP contribution in [0.1, 0.15) is 22.5 Å². The summed E-state index contributed by atoms with van der Waals surface area (Å²) in [7, 11) is 0. The summed E-state index contributed by atoms with van der Waals surface area (Å²) in [5, 5.41) is 4.41. The number of rotatable bonds is 4. The number of nitrogens with one attached hydrogen (secondary N) is 2. The Morgan fingerprint density at radius 3 is 2.77 bits per heavy atom. The molecule has 0 spiro atoms. The third-order valence-corrected chi connectivity index (χ3v) is 5.33. The molecule has 0 atom stereocenters. The predicted molar refractivity (Wildman–Crippen MR) is 119 cm³/mol. The zero-order valence-electron chi connectivity index (χ0n) is 17.1. The Balaban J connectivity index is 1.72. The Bertz CT molecular complexity index is 1440. The third-order valence-electron chi connectivity index (χ3n) is 5.33. The highest BCUT2D eigenvalue weighted by atomic mass is 16.3. The van der Waals surface area contributed by atoms with Crippen LogP contribution in [0.15, 0.2) is 64.1 Å². The number of aryl methyl sites for hydroxylation is 3. The van der Waals surface area contributed by atoms with E-state index in [0.29, 0.717) is 17.8 Å². The van der Waals surface area contributed by atoms with Gasteiger partial charge in [-0.1, -0.05) is 17.7 Å². The number of furan rings is 1. The largest absolute Gasteiger partial charge is 0.467 e. The van der Waals surface area contributed by atoms with Crippen molar-refractivity contribution in [2.24, 2.45) is 0 Å². The maximum Gasteiger partial charge on any atom is 0.258 e. The number of benzene rings is 1. The number of hydrogen-bond acceptors (Lipinski definition) is 4. The lowest BCUT2D eigenvalue weighted by molar-refractivity contribution is 0.518. The van der Waals surface area contributed by atoms with Crippen LogP contribution < -0.4 is 10.9 Å². The molecule has 6 nitrogen and oxygen atoms in total. The van der Waals surface area contributed by atoms with Crippen LogP contribution in [-0.4, -0.2) is 14.4 Å². The highest BCUT2D eigenvalue weighted by molar-refractivity contribution is 5.88. The van der Waals surface area contributed by atoms with Gasteiger partial charge in [0.2, 0.25) is 0 Å². The fourth-order valence-electron chi connectivity index (χ4n) is 3.95. The molecule has 0 saturated carbocycles.